The number of aryl methyl sites for hydroxylation is 1. The standard InChI is InChI=1S/C19H19N7O/c1-13-16(12-22-25(13)2)19(27)21-9-5-15-11-18-23-17(6-10-26(18)24-15)14-3-7-20-8-4-14/h3-4,6-8,10-12H,5,9H2,1-2H3,(H,21,27). The second-order valence-electron chi connectivity index (χ2n) is 6.26. The van der Waals surface area contributed by atoms with Crippen LogP contribution in [0.1, 0.15) is 21.7 Å². The number of carbonyl (C=O) groups excluding carboxylic acids is 1. The van der Waals surface area contributed by atoms with Gasteiger partial charge in [-0.15, -0.1) is 0 Å². The van der Waals surface area contributed by atoms with E-state index in [9.17, 15) is 4.79 Å². The first-order valence-electron chi connectivity index (χ1n) is 8.64. The second-order valence-corrected chi connectivity index (χ2v) is 6.26. The topological polar surface area (TPSA) is 90.0 Å². The molecule has 8 heteroatoms. The third-order valence-electron chi connectivity index (χ3n) is 4.50. The van der Waals surface area contributed by atoms with Crippen LogP contribution in [0.3, 0.4) is 0 Å². The third kappa shape index (κ3) is 3.41. The first kappa shape index (κ1) is 16.9. The Morgan fingerprint density at radius 3 is 2.78 bits per heavy atom. The fourth-order valence-electron chi connectivity index (χ4n) is 2.86. The molecule has 0 fully saturated rings. The summed E-state index contributed by atoms with van der Waals surface area (Å²) in [6.45, 7) is 2.37. The van der Waals surface area contributed by atoms with E-state index >= 15 is 0 Å². The lowest BCUT2D eigenvalue weighted by Gasteiger charge is -2.03. The van der Waals surface area contributed by atoms with Crippen LogP contribution in [0.25, 0.3) is 16.9 Å². The molecule has 0 bridgehead atoms. The lowest BCUT2D eigenvalue weighted by Crippen LogP contribution is -2.26. The Kier molecular flexibility index (Phi) is 4.37. The van der Waals surface area contributed by atoms with Crippen molar-refractivity contribution in [1.29, 1.82) is 0 Å². The SMILES string of the molecule is Cc1c(C(=O)NCCc2cc3nc(-c4ccncc4)ccn3n2)cnn1C. The minimum Gasteiger partial charge on any atom is -0.352 e. The van der Waals surface area contributed by atoms with Crippen molar-refractivity contribution in [1.82, 2.24) is 34.7 Å². The summed E-state index contributed by atoms with van der Waals surface area (Å²) in [7, 11) is 1.82. The molecule has 1 N–H and O–H groups in total. The van der Waals surface area contributed by atoms with Gasteiger partial charge in [0, 0.05) is 55.9 Å². The molecular formula is C19H19N7O. The number of hydrogen-bond acceptors (Lipinski definition) is 5. The molecule has 8 nitrogen and oxygen atoms in total. The smallest absolute Gasteiger partial charge is 0.254 e. The Hall–Kier alpha value is -3.55. The van der Waals surface area contributed by atoms with Crippen LogP contribution in [-0.4, -0.2) is 41.8 Å². The Balaban J connectivity index is 1.44. The molecule has 0 saturated heterocycles. The molecule has 0 aliphatic carbocycles. The Bertz CT molecular complexity index is 1100. The van der Waals surface area contributed by atoms with Gasteiger partial charge >= 0.3 is 0 Å². The van der Waals surface area contributed by atoms with Crippen molar-refractivity contribution in [2.75, 3.05) is 6.54 Å². The lowest BCUT2D eigenvalue weighted by atomic mass is 10.2. The number of nitrogens with one attached hydrogen (secondary N) is 1. The highest BCUT2D eigenvalue weighted by Gasteiger charge is 2.12. The highest BCUT2D eigenvalue weighted by Crippen LogP contribution is 2.16. The van der Waals surface area contributed by atoms with Gasteiger partial charge in [-0.05, 0) is 25.1 Å². The molecule has 0 unspecified atom stereocenters. The van der Waals surface area contributed by atoms with Crippen molar-refractivity contribution in [3.05, 3.63) is 66.0 Å². The van der Waals surface area contributed by atoms with Crippen LogP contribution in [0, 0.1) is 6.92 Å². The van der Waals surface area contributed by atoms with Gasteiger partial charge in [-0.3, -0.25) is 14.5 Å². The van der Waals surface area contributed by atoms with Gasteiger partial charge in [-0.2, -0.15) is 10.2 Å². The number of pyridine rings is 1. The molecule has 0 spiro atoms. The molecule has 4 rings (SSSR count). The Morgan fingerprint density at radius 2 is 2.04 bits per heavy atom. The average molecular weight is 361 g/mol. The van der Waals surface area contributed by atoms with Gasteiger partial charge in [0.1, 0.15) is 0 Å². The van der Waals surface area contributed by atoms with Gasteiger partial charge in [0.25, 0.3) is 5.91 Å². The molecular weight excluding hydrogens is 342 g/mol. The fraction of sp³-hybridized carbons (Fsp3) is 0.211. The zero-order chi connectivity index (χ0) is 18.8. The molecule has 1 amide bonds. The highest BCUT2D eigenvalue weighted by atomic mass is 16.1. The summed E-state index contributed by atoms with van der Waals surface area (Å²) in [6.07, 6.45) is 7.59. The lowest BCUT2D eigenvalue weighted by molar-refractivity contribution is 0.0953. The largest absolute Gasteiger partial charge is 0.352 e. The van der Waals surface area contributed by atoms with Crippen LogP contribution in [0.2, 0.25) is 0 Å². The van der Waals surface area contributed by atoms with E-state index in [1.165, 1.54) is 0 Å². The van der Waals surface area contributed by atoms with Gasteiger partial charge < -0.3 is 5.32 Å². The van der Waals surface area contributed by atoms with E-state index < -0.39 is 0 Å². The summed E-state index contributed by atoms with van der Waals surface area (Å²) in [5, 5.41) is 11.5. The van der Waals surface area contributed by atoms with Crippen molar-refractivity contribution in [3.63, 3.8) is 0 Å². The number of rotatable bonds is 5. The van der Waals surface area contributed by atoms with E-state index in [1.54, 1.807) is 27.8 Å². The molecule has 4 heterocycles. The molecule has 0 radical (unpaired) electrons. The van der Waals surface area contributed by atoms with Crippen molar-refractivity contribution >= 4 is 11.6 Å². The van der Waals surface area contributed by atoms with Crippen LogP contribution in [-0.2, 0) is 13.5 Å². The van der Waals surface area contributed by atoms with Crippen LogP contribution in [0.5, 0.6) is 0 Å². The molecule has 0 saturated carbocycles. The predicted octanol–water partition coefficient (Wildman–Crippen LogP) is 1.81. The first-order chi connectivity index (χ1) is 13.1. The maximum absolute atomic E-state index is 12.2. The minimum atomic E-state index is -0.123. The van der Waals surface area contributed by atoms with E-state index in [0.29, 0.717) is 18.5 Å². The van der Waals surface area contributed by atoms with E-state index in [2.05, 4.69) is 25.5 Å². The zero-order valence-electron chi connectivity index (χ0n) is 15.1. The summed E-state index contributed by atoms with van der Waals surface area (Å²) in [5.41, 5.74) is 4.96. The maximum Gasteiger partial charge on any atom is 0.254 e. The van der Waals surface area contributed by atoms with Gasteiger partial charge in [-0.25, -0.2) is 9.50 Å². The minimum absolute atomic E-state index is 0.123. The summed E-state index contributed by atoms with van der Waals surface area (Å²) in [4.78, 5) is 20.9. The third-order valence-corrected chi connectivity index (χ3v) is 4.50. The molecule has 27 heavy (non-hydrogen) atoms. The number of hydrogen-bond donors (Lipinski definition) is 1. The van der Waals surface area contributed by atoms with Crippen molar-refractivity contribution < 1.29 is 4.79 Å². The average Bonchev–Trinajstić information content (AvgIpc) is 3.24. The Labute approximate surface area is 155 Å². The molecule has 0 aliphatic rings. The quantitative estimate of drug-likeness (QED) is 0.585. The van der Waals surface area contributed by atoms with E-state index in [4.69, 9.17) is 0 Å². The number of carbonyl (C=O) groups is 1. The number of nitrogens with zero attached hydrogens (tertiary/aromatic N) is 6. The molecule has 0 aromatic carbocycles. The predicted molar refractivity (Wildman–Crippen MR) is 100 cm³/mol. The van der Waals surface area contributed by atoms with Crippen molar-refractivity contribution in [2.24, 2.45) is 7.05 Å². The van der Waals surface area contributed by atoms with Gasteiger partial charge in [0.05, 0.1) is 23.1 Å². The molecule has 136 valence electrons. The summed E-state index contributed by atoms with van der Waals surface area (Å²) in [5.74, 6) is -0.123. The molecule has 4 aromatic heterocycles. The van der Waals surface area contributed by atoms with E-state index in [0.717, 1.165) is 28.3 Å². The second kappa shape index (κ2) is 6.99. The van der Waals surface area contributed by atoms with Gasteiger partial charge in [0.15, 0.2) is 5.65 Å². The summed E-state index contributed by atoms with van der Waals surface area (Å²) < 4.78 is 3.43. The van der Waals surface area contributed by atoms with Crippen LogP contribution in [0.15, 0.2) is 49.1 Å². The van der Waals surface area contributed by atoms with Gasteiger partial charge in [-0.1, -0.05) is 0 Å². The molecule has 4 aromatic rings. The maximum atomic E-state index is 12.2. The zero-order valence-corrected chi connectivity index (χ0v) is 15.1. The fourth-order valence-corrected chi connectivity index (χ4v) is 2.86. The van der Waals surface area contributed by atoms with Gasteiger partial charge in [0.2, 0.25) is 0 Å². The summed E-state index contributed by atoms with van der Waals surface area (Å²) >= 11 is 0. The number of amides is 1. The number of fused-ring (bicyclic) bond motifs is 1. The normalized spacial score (nSPS) is 11.0. The van der Waals surface area contributed by atoms with Crippen molar-refractivity contribution in [2.45, 2.75) is 13.3 Å². The van der Waals surface area contributed by atoms with E-state index in [-0.39, 0.29) is 5.91 Å². The first-order valence-corrected chi connectivity index (χ1v) is 8.64. The van der Waals surface area contributed by atoms with Crippen LogP contribution in [0.4, 0.5) is 0 Å². The van der Waals surface area contributed by atoms with E-state index in [1.807, 2.05) is 44.4 Å². The van der Waals surface area contributed by atoms with Crippen molar-refractivity contribution in [3.8, 4) is 11.3 Å². The monoisotopic (exact) mass is 361 g/mol. The summed E-state index contributed by atoms with van der Waals surface area (Å²) in [6, 6.07) is 7.70. The van der Waals surface area contributed by atoms with Crippen LogP contribution >= 0.6 is 0 Å². The highest BCUT2D eigenvalue weighted by molar-refractivity contribution is 5.95. The molecule has 0 aliphatic heterocycles. The van der Waals surface area contributed by atoms with Crippen LogP contribution < -0.4 is 5.32 Å². The Morgan fingerprint density at radius 1 is 1.22 bits per heavy atom. The number of aromatic nitrogens is 6. The molecule has 0 atom stereocenters.